The van der Waals surface area contributed by atoms with Gasteiger partial charge in [0.05, 0.1) is 43.2 Å². The number of morpholine rings is 1. The quantitative estimate of drug-likeness (QED) is 0.490. The number of rotatable bonds is 8. The second-order valence-electron chi connectivity index (χ2n) is 8.21. The highest BCUT2D eigenvalue weighted by atomic mass is 32.1. The fraction of sp³-hybridized carbons (Fsp3) is 0.440. The van der Waals surface area contributed by atoms with Gasteiger partial charge in [-0.1, -0.05) is 17.4 Å². The Balaban J connectivity index is 1.66. The smallest absolute Gasteiger partial charge is 0.263 e. The van der Waals surface area contributed by atoms with Gasteiger partial charge in [0, 0.05) is 26.2 Å². The molecule has 8 heteroatoms. The van der Waals surface area contributed by atoms with Crippen molar-refractivity contribution in [3.8, 4) is 11.5 Å². The Morgan fingerprint density at radius 2 is 1.91 bits per heavy atom. The van der Waals surface area contributed by atoms with Crippen LogP contribution in [0.1, 0.15) is 27.9 Å². The largest absolute Gasteiger partial charge is 0.493 e. The van der Waals surface area contributed by atoms with Crippen LogP contribution in [-0.4, -0.2) is 69.4 Å². The van der Waals surface area contributed by atoms with Gasteiger partial charge >= 0.3 is 0 Å². The summed E-state index contributed by atoms with van der Waals surface area (Å²) in [5, 5.41) is 0.701. The molecule has 1 amide bonds. The lowest BCUT2D eigenvalue weighted by atomic mass is 10.1. The topological polar surface area (TPSA) is 64.1 Å². The Labute approximate surface area is 198 Å². The van der Waals surface area contributed by atoms with Gasteiger partial charge in [-0.2, -0.15) is 0 Å². The molecule has 0 aliphatic carbocycles. The molecule has 0 saturated carbocycles. The van der Waals surface area contributed by atoms with Crippen molar-refractivity contribution in [2.24, 2.45) is 0 Å². The second kappa shape index (κ2) is 10.5. The van der Waals surface area contributed by atoms with Crippen molar-refractivity contribution in [3.05, 3.63) is 47.0 Å². The fourth-order valence-corrected chi connectivity index (χ4v) is 5.12. The first kappa shape index (κ1) is 23.5. The molecule has 7 nitrogen and oxygen atoms in total. The standard InChI is InChI=1S/C25H31N3O4S/c1-17-15-20-22(16-18(17)2)33-25(26-20)28(10-6-9-27-11-13-32-14-12-27)24(29)19-7-5-8-21(30-3)23(19)31-4/h5,7-8,15-16H,6,9-14H2,1-4H3. The summed E-state index contributed by atoms with van der Waals surface area (Å²) in [6, 6.07) is 9.62. The molecule has 4 rings (SSSR count). The summed E-state index contributed by atoms with van der Waals surface area (Å²) in [7, 11) is 3.13. The third-order valence-electron chi connectivity index (χ3n) is 6.06. The lowest BCUT2D eigenvalue weighted by molar-refractivity contribution is 0.0376. The van der Waals surface area contributed by atoms with Crippen molar-refractivity contribution in [1.29, 1.82) is 0 Å². The minimum atomic E-state index is -0.139. The van der Waals surface area contributed by atoms with Gasteiger partial charge in [0.2, 0.25) is 0 Å². The Kier molecular flexibility index (Phi) is 7.47. The number of aromatic nitrogens is 1. The number of para-hydroxylation sites is 1. The Morgan fingerprint density at radius 1 is 1.15 bits per heavy atom. The second-order valence-corrected chi connectivity index (χ2v) is 9.22. The van der Waals surface area contributed by atoms with Crippen molar-refractivity contribution >= 4 is 32.6 Å². The molecule has 33 heavy (non-hydrogen) atoms. The number of carbonyl (C=O) groups excluding carboxylic acids is 1. The van der Waals surface area contributed by atoms with Gasteiger partial charge in [-0.05, 0) is 55.7 Å². The molecule has 0 N–H and O–H groups in total. The SMILES string of the molecule is COc1cccc(C(=O)N(CCCN2CCOCC2)c2nc3cc(C)c(C)cc3s2)c1OC. The van der Waals surface area contributed by atoms with Gasteiger partial charge in [0.1, 0.15) is 0 Å². The van der Waals surface area contributed by atoms with Crippen molar-refractivity contribution < 1.29 is 19.0 Å². The van der Waals surface area contributed by atoms with Crippen LogP contribution in [0.2, 0.25) is 0 Å². The summed E-state index contributed by atoms with van der Waals surface area (Å²) in [6.45, 7) is 9.04. The molecule has 1 saturated heterocycles. The van der Waals surface area contributed by atoms with Crippen LogP contribution in [-0.2, 0) is 4.74 Å². The maximum Gasteiger partial charge on any atom is 0.263 e. The van der Waals surface area contributed by atoms with E-state index in [-0.39, 0.29) is 5.91 Å². The van der Waals surface area contributed by atoms with E-state index in [9.17, 15) is 4.79 Å². The van der Waals surface area contributed by atoms with Gasteiger partial charge in [-0.3, -0.25) is 14.6 Å². The molecule has 2 aromatic carbocycles. The highest BCUT2D eigenvalue weighted by Crippen LogP contribution is 2.35. The zero-order valence-corrected chi connectivity index (χ0v) is 20.5. The fourth-order valence-electron chi connectivity index (χ4n) is 4.05. The molecule has 0 atom stereocenters. The van der Waals surface area contributed by atoms with E-state index in [0.29, 0.717) is 28.7 Å². The lowest BCUT2D eigenvalue weighted by Gasteiger charge is -2.28. The van der Waals surface area contributed by atoms with E-state index >= 15 is 0 Å². The van der Waals surface area contributed by atoms with Gasteiger partial charge < -0.3 is 14.2 Å². The zero-order valence-electron chi connectivity index (χ0n) is 19.7. The van der Waals surface area contributed by atoms with Gasteiger partial charge in [0.25, 0.3) is 5.91 Å². The molecule has 176 valence electrons. The number of anilines is 1. The number of methoxy groups -OCH3 is 2. The molecule has 0 spiro atoms. The van der Waals surface area contributed by atoms with Crippen molar-refractivity contribution in [2.75, 3.05) is 58.5 Å². The van der Waals surface area contributed by atoms with E-state index in [1.165, 1.54) is 11.1 Å². The van der Waals surface area contributed by atoms with Crippen LogP contribution in [0, 0.1) is 13.8 Å². The zero-order chi connectivity index (χ0) is 23.4. The van der Waals surface area contributed by atoms with E-state index in [1.807, 2.05) is 6.07 Å². The van der Waals surface area contributed by atoms with Gasteiger partial charge in [0.15, 0.2) is 16.6 Å². The maximum absolute atomic E-state index is 13.8. The molecule has 1 aliphatic heterocycles. The van der Waals surface area contributed by atoms with Crippen LogP contribution in [0.5, 0.6) is 11.5 Å². The average molecular weight is 470 g/mol. The van der Waals surface area contributed by atoms with Crippen LogP contribution in [0.15, 0.2) is 30.3 Å². The first-order valence-electron chi connectivity index (χ1n) is 11.2. The monoisotopic (exact) mass is 469 g/mol. The predicted molar refractivity (Wildman–Crippen MR) is 132 cm³/mol. The summed E-state index contributed by atoms with van der Waals surface area (Å²) < 4.78 is 17.5. The van der Waals surface area contributed by atoms with Crippen LogP contribution in [0.4, 0.5) is 5.13 Å². The average Bonchev–Trinajstić information content (AvgIpc) is 3.23. The Bertz CT molecular complexity index is 1090. The molecule has 0 bridgehead atoms. The first-order valence-corrected chi connectivity index (χ1v) is 12.0. The van der Waals surface area contributed by atoms with Crippen molar-refractivity contribution in [3.63, 3.8) is 0 Å². The number of thiazole rings is 1. The number of nitrogens with zero attached hydrogens (tertiary/aromatic N) is 3. The minimum absolute atomic E-state index is 0.139. The molecule has 1 fully saturated rings. The lowest BCUT2D eigenvalue weighted by Crippen LogP contribution is -2.39. The van der Waals surface area contributed by atoms with Crippen molar-refractivity contribution in [1.82, 2.24) is 9.88 Å². The van der Waals surface area contributed by atoms with Crippen LogP contribution < -0.4 is 14.4 Å². The number of amides is 1. The Hall–Kier alpha value is -2.68. The van der Waals surface area contributed by atoms with Crippen LogP contribution in [0.3, 0.4) is 0 Å². The molecule has 2 heterocycles. The van der Waals surface area contributed by atoms with Crippen molar-refractivity contribution in [2.45, 2.75) is 20.3 Å². The van der Waals surface area contributed by atoms with E-state index in [2.05, 4.69) is 30.9 Å². The number of aryl methyl sites for hydroxylation is 2. The minimum Gasteiger partial charge on any atom is -0.493 e. The molecule has 0 radical (unpaired) electrons. The number of ether oxygens (including phenoxy) is 3. The number of hydrogen-bond donors (Lipinski definition) is 0. The highest BCUT2D eigenvalue weighted by Gasteiger charge is 2.26. The Morgan fingerprint density at radius 3 is 2.64 bits per heavy atom. The van der Waals surface area contributed by atoms with E-state index in [0.717, 1.165) is 49.5 Å². The van der Waals surface area contributed by atoms with Gasteiger partial charge in [-0.15, -0.1) is 0 Å². The number of carbonyl (C=O) groups is 1. The maximum atomic E-state index is 13.8. The molecule has 1 aliphatic rings. The predicted octanol–water partition coefficient (Wildman–Crippen LogP) is 4.30. The molecule has 1 aromatic heterocycles. The summed E-state index contributed by atoms with van der Waals surface area (Å²) in [5.74, 6) is 0.836. The number of hydrogen-bond acceptors (Lipinski definition) is 7. The summed E-state index contributed by atoms with van der Waals surface area (Å²) in [5.41, 5.74) is 3.80. The number of benzene rings is 2. The molecule has 0 unspecified atom stereocenters. The van der Waals surface area contributed by atoms with E-state index in [1.54, 1.807) is 42.6 Å². The number of fused-ring (bicyclic) bond motifs is 1. The third kappa shape index (κ3) is 5.13. The third-order valence-corrected chi connectivity index (χ3v) is 7.10. The molecular formula is C25H31N3O4S. The van der Waals surface area contributed by atoms with Crippen LogP contribution >= 0.6 is 11.3 Å². The normalized spacial score (nSPS) is 14.4. The first-order chi connectivity index (χ1) is 16.0. The summed E-state index contributed by atoms with van der Waals surface area (Å²) >= 11 is 1.55. The van der Waals surface area contributed by atoms with Gasteiger partial charge in [-0.25, -0.2) is 4.98 Å². The summed E-state index contributed by atoms with van der Waals surface area (Å²) in [6.07, 6.45) is 0.839. The molecular weight excluding hydrogens is 438 g/mol. The van der Waals surface area contributed by atoms with E-state index in [4.69, 9.17) is 19.2 Å². The summed E-state index contributed by atoms with van der Waals surface area (Å²) in [4.78, 5) is 22.8. The van der Waals surface area contributed by atoms with Crippen LogP contribution in [0.25, 0.3) is 10.2 Å². The highest BCUT2D eigenvalue weighted by molar-refractivity contribution is 7.22. The van der Waals surface area contributed by atoms with E-state index < -0.39 is 0 Å². The molecule has 3 aromatic rings.